The maximum atomic E-state index is 11.8. The monoisotopic (exact) mass is 258 g/mol. The molecule has 0 radical (unpaired) electrons. The topological polar surface area (TPSA) is 115 Å². The molecule has 0 fully saturated rings. The Morgan fingerprint density at radius 1 is 1.47 bits per heavy atom. The van der Waals surface area contributed by atoms with Gasteiger partial charge in [0.2, 0.25) is 5.96 Å². The molecule has 4 N–H and O–H groups in total. The van der Waals surface area contributed by atoms with Crippen LogP contribution in [0.15, 0.2) is 28.3 Å². The third kappa shape index (κ3) is 2.71. The fourth-order valence-electron chi connectivity index (χ4n) is 1.33. The molecule has 0 saturated heterocycles. The smallest absolute Gasteiger partial charge is 0.267 e. The summed E-state index contributed by atoms with van der Waals surface area (Å²) in [6, 6.07) is 1.61. The van der Waals surface area contributed by atoms with Crippen LogP contribution in [0.5, 0.6) is 0 Å². The Balaban J connectivity index is 0.00000144. The van der Waals surface area contributed by atoms with Gasteiger partial charge in [-0.15, -0.1) is 0 Å². The second-order valence-electron chi connectivity index (χ2n) is 3.33. The number of sulfonamides is 1. The highest BCUT2D eigenvalue weighted by Gasteiger charge is 2.26. The minimum absolute atomic E-state index is 0. The Morgan fingerprint density at radius 3 is 2.94 bits per heavy atom. The van der Waals surface area contributed by atoms with Crippen molar-refractivity contribution >= 4 is 21.7 Å². The highest BCUT2D eigenvalue weighted by molar-refractivity contribution is 7.90. The Bertz CT molecular complexity index is 527. The number of rotatable bonds is 2. The first-order valence-electron chi connectivity index (χ1n) is 4.92. The number of aromatic nitrogens is 1. The van der Waals surface area contributed by atoms with Crippen LogP contribution in [-0.2, 0) is 10.0 Å². The molecule has 0 amide bonds. The van der Waals surface area contributed by atoms with Crippen molar-refractivity contribution < 1.29 is 13.9 Å². The highest BCUT2D eigenvalue weighted by atomic mass is 32.2. The summed E-state index contributed by atoms with van der Waals surface area (Å²) < 4.78 is 25.9. The van der Waals surface area contributed by atoms with Gasteiger partial charge in [0, 0.05) is 18.9 Å². The average Bonchev–Trinajstić information content (AvgIpc) is 2.25. The summed E-state index contributed by atoms with van der Waals surface area (Å²) >= 11 is 0. The van der Waals surface area contributed by atoms with Gasteiger partial charge in [-0.1, -0.05) is 6.92 Å². The maximum Gasteiger partial charge on any atom is 0.267 e. The van der Waals surface area contributed by atoms with E-state index in [9.17, 15) is 8.42 Å². The van der Waals surface area contributed by atoms with E-state index in [4.69, 9.17) is 0 Å². The molecule has 0 aromatic carbocycles. The molecule has 7 nitrogen and oxygen atoms in total. The molecular weight excluding hydrogens is 244 g/mol. The van der Waals surface area contributed by atoms with Crippen LogP contribution in [0.25, 0.3) is 0 Å². The molecule has 17 heavy (non-hydrogen) atoms. The Hall–Kier alpha value is -1.67. The van der Waals surface area contributed by atoms with Gasteiger partial charge in [-0.3, -0.25) is 9.98 Å². The van der Waals surface area contributed by atoms with Crippen LogP contribution in [0.2, 0.25) is 0 Å². The first-order chi connectivity index (χ1) is 7.63. The van der Waals surface area contributed by atoms with Gasteiger partial charge in [0.1, 0.15) is 4.90 Å². The summed E-state index contributed by atoms with van der Waals surface area (Å²) in [5.41, 5.74) is 0.503. The summed E-state index contributed by atoms with van der Waals surface area (Å²) in [5, 5.41) is 2.91. The lowest BCUT2D eigenvalue weighted by atomic mass is 10.4. The number of guanidine groups is 1. The van der Waals surface area contributed by atoms with Crippen molar-refractivity contribution in [3.63, 3.8) is 0 Å². The van der Waals surface area contributed by atoms with Gasteiger partial charge < -0.3 is 10.8 Å². The molecule has 0 saturated carbocycles. The molecule has 0 spiro atoms. The molecule has 8 heteroatoms. The molecule has 1 aromatic rings. The fraction of sp³-hybridized carbons (Fsp3) is 0.333. The quantitative estimate of drug-likeness (QED) is 0.759. The molecule has 1 aliphatic heterocycles. The normalized spacial score (nSPS) is 18.5. The molecule has 1 aliphatic rings. The lowest BCUT2D eigenvalue weighted by Gasteiger charge is -2.20. The van der Waals surface area contributed by atoms with E-state index in [0.717, 1.165) is 6.42 Å². The van der Waals surface area contributed by atoms with Gasteiger partial charge in [0.25, 0.3) is 10.0 Å². The van der Waals surface area contributed by atoms with Gasteiger partial charge in [-0.05, 0) is 12.5 Å². The number of hydrogen-bond acceptors (Lipinski definition) is 4. The third-order valence-electron chi connectivity index (χ3n) is 2.05. The highest BCUT2D eigenvalue weighted by Crippen LogP contribution is 2.22. The Morgan fingerprint density at radius 2 is 2.24 bits per heavy atom. The van der Waals surface area contributed by atoms with Gasteiger partial charge in [-0.2, -0.15) is 0 Å². The summed E-state index contributed by atoms with van der Waals surface area (Å²) in [4.78, 5) is 8.02. The van der Waals surface area contributed by atoms with Gasteiger partial charge in [0.05, 0.1) is 5.69 Å². The summed E-state index contributed by atoms with van der Waals surface area (Å²) in [7, 11) is -3.53. The van der Waals surface area contributed by atoms with E-state index in [0.29, 0.717) is 12.2 Å². The van der Waals surface area contributed by atoms with Crippen LogP contribution in [0.4, 0.5) is 5.69 Å². The van der Waals surface area contributed by atoms with E-state index >= 15 is 0 Å². The van der Waals surface area contributed by atoms with Crippen molar-refractivity contribution in [3.8, 4) is 0 Å². The standard InChI is InChI=1S/C9H12N4O2S.H2O/c1-2-4-11-9-12-7-3-5-10-6-8(7)16(14,15)13-9;/h3,5-6H,2,4H2,1H3,(H2,11,12,13);1H2. The van der Waals surface area contributed by atoms with E-state index in [1.165, 1.54) is 12.4 Å². The van der Waals surface area contributed by atoms with Crippen LogP contribution >= 0.6 is 0 Å². The van der Waals surface area contributed by atoms with Crippen LogP contribution in [0.1, 0.15) is 13.3 Å². The minimum atomic E-state index is -3.53. The number of hydrogen-bond donors (Lipinski definition) is 2. The maximum absolute atomic E-state index is 11.8. The third-order valence-corrected chi connectivity index (χ3v) is 3.42. The molecule has 0 atom stereocenters. The van der Waals surface area contributed by atoms with Gasteiger partial charge >= 0.3 is 0 Å². The Kier molecular flexibility index (Phi) is 4.02. The zero-order chi connectivity index (χ0) is 11.6. The predicted molar refractivity (Wildman–Crippen MR) is 64.4 cm³/mol. The number of nitrogens with zero attached hydrogens (tertiary/aromatic N) is 2. The Labute approximate surface area is 99.3 Å². The summed E-state index contributed by atoms with van der Waals surface area (Å²) in [5.74, 6) is 0.264. The molecule has 2 heterocycles. The van der Waals surface area contributed by atoms with Gasteiger partial charge in [0.15, 0.2) is 0 Å². The van der Waals surface area contributed by atoms with Gasteiger partial charge in [-0.25, -0.2) is 13.1 Å². The van der Waals surface area contributed by atoms with Crippen molar-refractivity contribution in [3.05, 3.63) is 18.5 Å². The lowest BCUT2D eigenvalue weighted by Crippen LogP contribution is -2.40. The SMILES string of the molecule is CCCN=C1Nc2ccncc2S(=O)(=O)N1.O. The minimum Gasteiger partial charge on any atom is -0.412 e. The summed E-state index contributed by atoms with van der Waals surface area (Å²) in [6.07, 6.45) is 3.70. The first-order valence-corrected chi connectivity index (χ1v) is 6.40. The van der Waals surface area contributed by atoms with Crippen LogP contribution in [-0.4, -0.2) is 31.4 Å². The molecule has 1 aromatic heterocycles. The number of aliphatic imine (C=N–C) groups is 1. The zero-order valence-corrected chi connectivity index (χ0v) is 10.1. The molecule has 0 aliphatic carbocycles. The molecule has 94 valence electrons. The molecular formula is C9H14N4O3S. The first kappa shape index (κ1) is 13.4. The molecule has 2 rings (SSSR count). The van der Waals surface area contributed by atoms with E-state index in [2.05, 4.69) is 20.0 Å². The zero-order valence-electron chi connectivity index (χ0n) is 9.27. The number of pyridine rings is 1. The number of fused-ring (bicyclic) bond motifs is 1. The van der Waals surface area contributed by atoms with Crippen LogP contribution < -0.4 is 10.0 Å². The number of anilines is 1. The van der Waals surface area contributed by atoms with Crippen molar-refractivity contribution in [1.29, 1.82) is 0 Å². The van der Waals surface area contributed by atoms with E-state index < -0.39 is 10.0 Å². The molecule has 0 unspecified atom stereocenters. The van der Waals surface area contributed by atoms with Crippen molar-refractivity contribution in [2.75, 3.05) is 11.9 Å². The van der Waals surface area contributed by atoms with E-state index in [1.807, 2.05) is 6.92 Å². The molecule has 0 bridgehead atoms. The van der Waals surface area contributed by atoms with Crippen LogP contribution in [0.3, 0.4) is 0 Å². The largest absolute Gasteiger partial charge is 0.412 e. The van der Waals surface area contributed by atoms with E-state index in [-0.39, 0.29) is 16.3 Å². The lowest BCUT2D eigenvalue weighted by molar-refractivity contribution is 0.591. The second kappa shape index (κ2) is 5.11. The van der Waals surface area contributed by atoms with E-state index in [1.54, 1.807) is 6.07 Å². The van der Waals surface area contributed by atoms with Crippen molar-refractivity contribution in [1.82, 2.24) is 9.71 Å². The average molecular weight is 258 g/mol. The summed E-state index contributed by atoms with van der Waals surface area (Å²) in [6.45, 7) is 2.55. The second-order valence-corrected chi connectivity index (χ2v) is 4.98. The number of nitrogens with one attached hydrogen (secondary N) is 2. The fourth-order valence-corrected chi connectivity index (χ4v) is 2.42. The van der Waals surface area contributed by atoms with Crippen LogP contribution in [0, 0.1) is 0 Å². The predicted octanol–water partition coefficient (Wildman–Crippen LogP) is -0.273. The van der Waals surface area contributed by atoms with Crippen molar-refractivity contribution in [2.24, 2.45) is 4.99 Å². The van der Waals surface area contributed by atoms with Crippen molar-refractivity contribution in [2.45, 2.75) is 18.2 Å².